The maximum atomic E-state index is 14.1. The maximum Gasteiger partial charge on any atom is 0.420 e. The molecule has 2 amide bonds. The number of ether oxygens (including phenoxy) is 3. The normalized spacial score (nSPS) is 15.7. The number of benzene rings is 1. The van der Waals surface area contributed by atoms with Gasteiger partial charge in [-0.25, -0.2) is 19.5 Å². The minimum Gasteiger partial charge on any atom is -0.494 e. The van der Waals surface area contributed by atoms with Gasteiger partial charge < -0.3 is 24.4 Å². The second-order valence-electron chi connectivity index (χ2n) is 13.3. The lowest BCUT2D eigenvalue weighted by atomic mass is 10.1. The number of likely N-dealkylation sites (tertiary alicyclic amines) is 1. The van der Waals surface area contributed by atoms with Crippen molar-refractivity contribution in [3.63, 3.8) is 0 Å². The molecule has 3 aromatic rings. The molecule has 4 rings (SSSR count). The Morgan fingerprint density at radius 1 is 1.04 bits per heavy atom. The van der Waals surface area contributed by atoms with Crippen LogP contribution in [0.25, 0.3) is 5.65 Å². The first-order chi connectivity index (χ1) is 21.9. The summed E-state index contributed by atoms with van der Waals surface area (Å²) in [5, 5.41) is 7.97. The van der Waals surface area contributed by atoms with Gasteiger partial charge >= 0.3 is 12.2 Å². The molecule has 2 aromatic heterocycles. The lowest BCUT2D eigenvalue weighted by Crippen LogP contribution is -2.47. The fraction of sp³-hybridized carbons (Fsp3) is 0.562. The van der Waals surface area contributed by atoms with E-state index < -0.39 is 33.5 Å². The van der Waals surface area contributed by atoms with Crippen molar-refractivity contribution in [2.24, 2.45) is 0 Å². The van der Waals surface area contributed by atoms with Crippen molar-refractivity contribution in [2.45, 2.75) is 85.0 Å². The Morgan fingerprint density at radius 2 is 1.72 bits per heavy atom. The van der Waals surface area contributed by atoms with Gasteiger partial charge in [0, 0.05) is 37.2 Å². The minimum atomic E-state index is -3.77. The topological polar surface area (TPSA) is 154 Å². The lowest BCUT2D eigenvalue weighted by molar-refractivity contribution is 0.0206. The molecule has 258 valence electrons. The molecule has 15 heteroatoms. The van der Waals surface area contributed by atoms with E-state index in [1.165, 1.54) is 9.42 Å². The molecule has 0 saturated carbocycles. The van der Waals surface area contributed by atoms with E-state index in [0.29, 0.717) is 48.2 Å². The highest BCUT2D eigenvalue weighted by Gasteiger charge is 2.33. The summed E-state index contributed by atoms with van der Waals surface area (Å²) in [6, 6.07) is 8.43. The Bertz CT molecular complexity index is 1660. The summed E-state index contributed by atoms with van der Waals surface area (Å²) in [4.78, 5) is 34.9. The first-order valence-corrected chi connectivity index (χ1v) is 17.5. The summed E-state index contributed by atoms with van der Waals surface area (Å²) < 4.78 is 47.7. The molecule has 0 bridgehead atoms. The lowest BCUT2D eigenvalue weighted by Gasteiger charge is -2.35. The van der Waals surface area contributed by atoms with Crippen molar-refractivity contribution in [2.75, 3.05) is 42.8 Å². The van der Waals surface area contributed by atoms with Crippen molar-refractivity contribution < 1.29 is 36.4 Å². The zero-order valence-corrected chi connectivity index (χ0v) is 29.2. The number of fused-ring (bicyclic) bond motifs is 1. The molecule has 1 fully saturated rings. The van der Waals surface area contributed by atoms with E-state index in [9.17, 15) is 18.0 Å². The van der Waals surface area contributed by atoms with E-state index in [-0.39, 0.29) is 24.9 Å². The van der Waals surface area contributed by atoms with E-state index in [1.54, 1.807) is 62.2 Å². The van der Waals surface area contributed by atoms with E-state index >= 15 is 0 Å². The minimum absolute atomic E-state index is 0.0341. The standard InChI is InChI=1S/C32H46N6O8S/c1-9-43-24-14-12-23(13-15-24)37(30(40)46-32(5,6)7)28-25(17-20-44-47(8,41)42)27(35-26-16-18-33-38(26)28)34-22-11-10-19-36(21-22)29(39)45-31(2,3)4/h12-16,18,22H,9-11,17,19-21H2,1-8H3,(H,34,35)/t22-/m0/s1. The van der Waals surface area contributed by atoms with Crippen molar-refractivity contribution in [1.29, 1.82) is 0 Å². The molecule has 47 heavy (non-hydrogen) atoms. The van der Waals surface area contributed by atoms with Crippen LogP contribution in [0, 0.1) is 0 Å². The first-order valence-electron chi connectivity index (χ1n) is 15.7. The predicted molar refractivity (Wildman–Crippen MR) is 178 cm³/mol. The van der Waals surface area contributed by atoms with Crippen LogP contribution in [0.4, 0.5) is 26.9 Å². The van der Waals surface area contributed by atoms with Crippen molar-refractivity contribution in [3.05, 3.63) is 42.1 Å². The number of aromatic nitrogens is 3. The van der Waals surface area contributed by atoms with Crippen molar-refractivity contribution in [3.8, 4) is 5.75 Å². The number of carbonyl (C=O) groups is 2. The Balaban J connectivity index is 1.85. The van der Waals surface area contributed by atoms with Crippen LogP contribution in [0.5, 0.6) is 5.75 Å². The first kappa shape index (κ1) is 35.7. The highest BCUT2D eigenvalue weighted by atomic mass is 32.2. The molecule has 1 aliphatic heterocycles. The summed E-state index contributed by atoms with van der Waals surface area (Å²) in [6.07, 6.45) is 2.93. The number of carbonyl (C=O) groups excluding carboxylic acids is 2. The van der Waals surface area contributed by atoms with E-state index in [0.717, 1.165) is 19.1 Å². The number of nitrogens with one attached hydrogen (secondary N) is 1. The van der Waals surface area contributed by atoms with Gasteiger partial charge in [-0.3, -0.25) is 4.18 Å². The van der Waals surface area contributed by atoms with Gasteiger partial charge in [0.2, 0.25) is 0 Å². The monoisotopic (exact) mass is 674 g/mol. The number of piperidine rings is 1. The van der Waals surface area contributed by atoms with E-state index in [1.807, 2.05) is 27.7 Å². The molecule has 14 nitrogen and oxygen atoms in total. The van der Waals surface area contributed by atoms with Gasteiger partial charge in [0.15, 0.2) is 11.5 Å². The second kappa shape index (κ2) is 14.3. The molecule has 0 aliphatic carbocycles. The number of anilines is 3. The van der Waals surface area contributed by atoms with Crippen molar-refractivity contribution in [1.82, 2.24) is 19.5 Å². The molecular weight excluding hydrogens is 628 g/mol. The van der Waals surface area contributed by atoms with Gasteiger partial charge in [-0.05, 0) is 85.6 Å². The third-order valence-electron chi connectivity index (χ3n) is 6.86. The molecule has 1 aliphatic rings. The fourth-order valence-corrected chi connectivity index (χ4v) is 5.48. The molecule has 1 N–H and O–H groups in total. The summed E-state index contributed by atoms with van der Waals surface area (Å²) in [5.41, 5.74) is -0.144. The molecule has 1 aromatic carbocycles. The van der Waals surface area contributed by atoms with Gasteiger partial charge in [-0.2, -0.15) is 18.0 Å². The predicted octanol–water partition coefficient (Wildman–Crippen LogP) is 5.53. The molecular formula is C32H46N6O8S. The van der Waals surface area contributed by atoms with Crippen LogP contribution in [-0.2, 0) is 30.2 Å². The zero-order chi connectivity index (χ0) is 34.6. The van der Waals surface area contributed by atoms with Crippen LogP contribution in [-0.4, -0.2) is 89.9 Å². The smallest absolute Gasteiger partial charge is 0.420 e. The number of rotatable bonds is 10. The number of amides is 2. The second-order valence-corrected chi connectivity index (χ2v) is 14.9. The summed E-state index contributed by atoms with van der Waals surface area (Å²) in [6.45, 7) is 13.8. The van der Waals surface area contributed by atoms with Crippen LogP contribution in [0.1, 0.15) is 66.9 Å². The van der Waals surface area contributed by atoms with Crippen LogP contribution >= 0.6 is 0 Å². The van der Waals surface area contributed by atoms with E-state index in [2.05, 4.69) is 10.4 Å². The van der Waals surface area contributed by atoms with Crippen LogP contribution in [0.2, 0.25) is 0 Å². The third-order valence-corrected chi connectivity index (χ3v) is 7.46. The summed E-state index contributed by atoms with van der Waals surface area (Å²) in [7, 11) is -3.77. The highest BCUT2D eigenvalue weighted by molar-refractivity contribution is 7.85. The fourth-order valence-electron chi connectivity index (χ4n) is 5.09. The Morgan fingerprint density at radius 3 is 2.34 bits per heavy atom. The third kappa shape index (κ3) is 9.94. The van der Waals surface area contributed by atoms with Gasteiger partial charge in [-0.1, -0.05) is 0 Å². The zero-order valence-electron chi connectivity index (χ0n) is 28.4. The van der Waals surface area contributed by atoms with E-state index in [4.69, 9.17) is 23.4 Å². The molecule has 0 unspecified atom stereocenters. The number of hydrogen-bond donors (Lipinski definition) is 1. The molecule has 0 radical (unpaired) electrons. The quantitative estimate of drug-likeness (QED) is 0.270. The number of hydrogen-bond acceptors (Lipinski definition) is 11. The number of nitrogens with zero attached hydrogens (tertiary/aromatic N) is 5. The van der Waals surface area contributed by atoms with Crippen LogP contribution in [0.15, 0.2) is 36.5 Å². The van der Waals surface area contributed by atoms with Gasteiger partial charge in [0.1, 0.15) is 22.8 Å². The van der Waals surface area contributed by atoms with Gasteiger partial charge in [0.25, 0.3) is 10.1 Å². The Labute approximate surface area is 276 Å². The Kier molecular flexibility index (Phi) is 10.9. The van der Waals surface area contributed by atoms with Gasteiger partial charge in [0.05, 0.1) is 31.4 Å². The summed E-state index contributed by atoms with van der Waals surface area (Å²) in [5.74, 6) is 1.30. The van der Waals surface area contributed by atoms with Crippen LogP contribution in [0.3, 0.4) is 0 Å². The molecule has 1 saturated heterocycles. The van der Waals surface area contributed by atoms with Crippen LogP contribution < -0.4 is 15.0 Å². The van der Waals surface area contributed by atoms with Crippen molar-refractivity contribution >= 4 is 45.3 Å². The molecule has 1 atom stereocenters. The Hall–Kier alpha value is -4.11. The average Bonchev–Trinajstić information content (AvgIpc) is 3.41. The maximum absolute atomic E-state index is 14.1. The summed E-state index contributed by atoms with van der Waals surface area (Å²) >= 11 is 0. The molecule has 0 spiro atoms. The SMILES string of the molecule is CCOc1ccc(N(C(=O)OC(C)(C)C)c2c(CCOS(C)(=O)=O)c(N[C@H]3CCCN(C(=O)OC(C)(C)C)C3)nc3ccnn23)cc1. The average molecular weight is 675 g/mol. The highest BCUT2D eigenvalue weighted by Crippen LogP contribution is 2.36. The largest absolute Gasteiger partial charge is 0.494 e. The molecule has 3 heterocycles. The van der Waals surface area contributed by atoms with Gasteiger partial charge in [-0.15, -0.1) is 0 Å².